The van der Waals surface area contributed by atoms with Gasteiger partial charge in [-0.3, -0.25) is 0 Å². The van der Waals surface area contributed by atoms with Gasteiger partial charge in [-0.15, -0.1) is 0 Å². The smallest absolute Gasteiger partial charge is 0.0992 e. The minimum Gasteiger partial charge on any atom is -0.312 e. The molecule has 1 fully saturated rings. The lowest BCUT2D eigenvalue weighted by atomic mass is 9.70. The average molecular weight is 249 g/mol. The molecule has 1 N–H and O–H groups in total. The SMILES string of the molecule is CC1(CNCc2ccc(C#N)cc2Cl)CCC1. The summed E-state index contributed by atoms with van der Waals surface area (Å²) >= 11 is 6.11. The van der Waals surface area contributed by atoms with E-state index in [1.165, 1.54) is 19.3 Å². The van der Waals surface area contributed by atoms with E-state index in [4.69, 9.17) is 16.9 Å². The second-order valence-corrected chi connectivity index (χ2v) is 5.59. The van der Waals surface area contributed by atoms with Crippen LogP contribution in [0.15, 0.2) is 18.2 Å². The van der Waals surface area contributed by atoms with E-state index in [9.17, 15) is 0 Å². The normalized spacial score (nSPS) is 17.2. The maximum Gasteiger partial charge on any atom is 0.0992 e. The fourth-order valence-corrected chi connectivity index (χ4v) is 2.46. The molecule has 0 amide bonds. The number of rotatable bonds is 4. The van der Waals surface area contributed by atoms with Crippen LogP contribution < -0.4 is 5.32 Å². The first-order valence-electron chi connectivity index (χ1n) is 6.02. The van der Waals surface area contributed by atoms with Gasteiger partial charge < -0.3 is 5.32 Å². The minimum absolute atomic E-state index is 0.485. The number of nitriles is 1. The van der Waals surface area contributed by atoms with Crippen molar-refractivity contribution in [2.24, 2.45) is 5.41 Å². The molecule has 3 heteroatoms. The van der Waals surface area contributed by atoms with Crippen molar-refractivity contribution in [1.82, 2.24) is 5.32 Å². The molecule has 1 aromatic carbocycles. The molecule has 0 unspecified atom stereocenters. The first-order chi connectivity index (χ1) is 8.13. The van der Waals surface area contributed by atoms with Crippen LogP contribution in [0.5, 0.6) is 0 Å². The van der Waals surface area contributed by atoms with Gasteiger partial charge in [0.2, 0.25) is 0 Å². The van der Waals surface area contributed by atoms with E-state index < -0.39 is 0 Å². The molecule has 0 atom stereocenters. The molecule has 0 heterocycles. The highest BCUT2D eigenvalue weighted by molar-refractivity contribution is 6.31. The number of halogens is 1. The molecule has 2 rings (SSSR count). The lowest BCUT2D eigenvalue weighted by Crippen LogP contribution is -2.37. The van der Waals surface area contributed by atoms with Gasteiger partial charge in [0, 0.05) is 18.1 Å². The van der Waals surface area contributed by atoms with E-state index >= 15 is 0 Å². The van der Waals surface area contributed by atoms with Gasteiger partial charge in [0.1, 0.15) is 0 Å². The summed E-state index contributed by atoms with van der Waals surface area (Å²) < 4.78 is 0. The maximum absolute atomic E-state index is 8.75. The molecule has 0 aromatic heterocycles. The summed E-state index contributed by atoms with van der Waals surface area (Å²) in [4.78, 5) is 0. The molecular formula is C14H17ClN2. The number of hydrogen-bond donors (Lipinski definition) is 1. The van der Waals surface area contributed by atoms with Crippen LogP contribution in [0.3, 0.4) is 0 Å². The second kappa shape index (κ2) is 5.08. The van der Waals surface area contributed by atoms with Crippen molar-refractivity contribution >= 4 is 11.6 Å². The largest absolute Gasteiger partial charge is 0.312 e. The summed E-state index contributed by atoms with van der Waals surface area (Å²) in [6, 6.07) is 7.56. The first kappa shape index (κ1) is 12.4. The van der Waals surface area contributed by atoms with Crippen molar-refractivity contribution in [3.63, 3.8) is 0 Å². The van der Waals surface area contributed by atoms with Crippen LogP contribution in [0.1, 0.15) is 37.3 Å². The molecule has 1 saturated carbocycles. The molecule has 0 aliphatic heterocycles. The zero-order chi connectivity index (χ0) is 12.3. The predicted octanol–water partition coefficient (Wildman–Crippen LogP) is 3.49. The van der Waals surface area contributed by atoms with Gasteiger partial charge in [0.15, 0.2) is 0 Å². The third-order valence-corrected chi connectivity index (χ3v) is 3.96. The molecule has 0 spiro atoms. The Morgan fingerprint density at radius 1 is 1.47 bits per heavy atom. The number of nitrogens with one attached hydrogen (secondary N) is 1. The Morgan fingerprint density at radius 2 is 2.24 bits per heavy atom. The van der Waals surface area contributed by atoms with Crippen LogP contribution in [0, 0.1) is 16.7 Å². The fourth-order valence-electron chi connectivity index (χ4n) is 2.22. The Labute approximate surface area is 108 Å². The maximum atomic E-state index is 8.75. The van der Waals surface area contributed by atoms with Gasteiger partial charge in [-0.1, -0.05) is 31.0 Å². The highest BCUT2D eigenvalue weighted by Crippen LogP contribution is 2.39. The Balaban J connectivity index is 1.89. The molecule has 2 nitrogen and oxygen atoms in total. The van der Waals surface area contributed by atoms with Crippen molar-refractivity contribution < 1.29 is 0 Å². The van der Waals surface area contributed by atoms with Gasteiger partial charge in [-0.25, -0.2) is 0 Å². The number of hydrogen-bond acceptors (Lipinski definition) is 2. The monoisotopic (exact) mass is 248 g/mol. The van der Waals surface area contributed by atoms with E-state index in [2.05, 4.69) is 18.3 Å². The molecule has 0 radical (unpaired) electrons. The van der Waals surface area contributed by atoms with Crippen LogP contribution in [0.2, 0.25) is 5.02 Å². The van der Waals surface area contributed by atoms with Gasteiger partial charge in [-0.05, 0) is 36.0 Å². The fraction of sp³-hybridized carbons (Fsp3) is 0.500. The molecule has 0 bridgehead atoms. The first-order valence-corrected chi connectivity index (χ1v) is 6.40. The summed E-state index contributed by atoms with van der Waals surface area (Å²) in [6.45, 7) is 4.15. The molecule has 1 aliphatic carbocycles. The molecule has 90 valence electrons. The van der Waals surface area contributed by atoms with Gasteiger partial charge in [-0.2, -0.15) is 5.26 Å². The zero-order valence-corrected chi connectivity index (χ0v) is 10.8. The second-order valence-electron chi connectivity index (χ2n) is 5.19. The Kier molecular flexibility index (Phi) is 3.71. The summed E-state index contributed by atoms with van der Waals surface area (Å²) in [7, 11) is 0. The van der Waals surface area contributed by atoms with Crippen molar-refractivity contribution in [3.8, 4) is 6.07 Å². The molecule has 1 aromatic rings. The highest BCUT2D eigenvalue weighted by Gasteiger charge is 2.30. The zero-order valence-electron chi connectivity index (χ0n) is 10.1. The predicted molar refractivity (Wildman–Crippen MR) is 69.8 cm³/mol. The van der Waals surface area contributed by atoms with Crippen LogP contribution in [0.25, 0.3) is 0 Å². The van der Waals surface area contributed by atoms with Crippen LogP contribution in [-0.2, 0) is 6.54 Å². The van der Waals surface area contributed by atoms with E-state index in [0.29, 0.717) is 16.0 Å². The Bertz CT molecular complexity index is 444. The van der Waals surface area contributed by atoms with Crippen molar-refractivity contribution in [3.05, 3.63) is 34.3 Å². The lowest BCUT2D eigenvalue weighted by Gasteiger charge is -2.38. The average Bonchev–Trinajstić information content (AvgIpc) is 2.29. The minimum atomic E-state index is 0.485. The van der Waals surface area contributed by atoms with Crippen LogP contribution in [0.4, 0.5) is 0 Å². The van der Waals surface area contributed by atoms with Crippen molar-refractivity contribution in [2.75, 3.05) is 6.54 Å². The van der Waals surface area contributed by atoms with E-state index in [1.807, 2.05) is 12.1 Å². The van der Waals surface area contributed by atoms with E-state index in [0.717, 1.165) is 18.7 Å². The summed E-state index contributed by atoms with van der Waals surface area (Å²) in [5, 5.41) is 12.9. The quantitative estimate of drug-likeness (QED) is 0.885. The topological polar surface area (TPSA) is 35.8 Å². The number of nitrogens with zero attached hydrogens (tertiary/aromatic N) is 1. The van der Waals surface area contributed by atoms with Gasteiger partial charge >= 0.3 is 0 Å². The van der Waals surface area contributed by atoms with E-state index in [-0.39, 0.29) is 0 Å². The molecule has 17 heavy (non-hydrogen) atoms. The van der Waals surface area contributed by atoms with Crippen molar-refractivity contribution in [2.45, 2.75) is 32.7 Å². The van der Waals surface area contributed by atoms with E-state index in [1.54, 1.807) is 6.07 Å². The van der Waals surface area contributed by atoms with Crippen molar-refractivity contribution in [1.29, 1.82) is 5.26 Å². The van der Waals surface area contributed by atoms with Gasteiger partial charge in [0.25, 0.3) is 0 Å². The van der Waals surface area contributed by atoms with Crippen LogP contribution in [-0.4, -0.2) is 6.54 Å². The van der Waals surface area contributed by atoms with Crippen LogP contribution >= 0.6 is 11.6 Å². The summed E-state index contributed by atoms with van der Waals surface area (Å²) in [5.41, 5.74) is 2.16. The van der Waals surface area contributed by atoms with Gasteiger partial charge in [0.05, 0.1) is 11.6 Å². The Morgan fingerprint density at radius 3 is 2.76 bits per heavy atom. The number of benzene rings is 1. The summed E-state index contributed by atoms with van der Waals surface area (Å²) in [5.74, 6) is 0. The molecular weight excluding hydrogens is 232 g/mol. The third kappa shape index (κ3) is 3.00. The highest BCUT2D eigenvalue weighted by atomic mass is 35.5. The standard InChI is InChI=1S/C14H17ClN2/c1-14(5-2-6-14)10-17-9-12-4-3-11(8-16)7-13(12)15/h3-4,7,17H,2,5-6,9-10H2,1H3. The molecule has 1 aliphatic rings. The third-order valence-electron chi connectivity index (χ3n) is 3.61. The molecule has 0 saturated heterocycles. The lowest BCUT2D eigenvalue weighted by molar-refractivity contribution is 0.156. The summed E-state index contributed by atoms with van der Waals surface area (Å²) in [6.07, 6.45) is 4.00. The Hall–Kier alpha value is -1.04.